The minimum Gasteiger partial charge on any atom is -0.481 e. The maximum Gasteiger partial charge on any atom is 0.247 e. The number of nitriles is 1. The van der Waals surface area contributed by atoms with E-state index in [0.29, 0.717) is 12.8 Å². The number of rotatable bonds is 6. The van der Waals surface area contributed by atoms with Gasteiger partial charge in [0.05, 0.1) is 26.4 Å². The van der Waals surface area contributed by atoms with E-state index in [9.17, 15) is 10.1 Å². The molecule has 7 heteroatoms. The largest absolute Gasteiger partial charge is 0.481 e. The van der Waals surface area contributed by atoms with Gasteiger partial charge in [-0.2, -0.15) is 15.2 Å². The average molecular weight is 278 g/mol. The number of carbonyl (C=O) groups is 1. The van der Waals surface area contributed by atoms with Crippen LogP contribution >= 0.6 is 0 Å². The van der Waals surface area contributed by atoms with Crippen LogP contribution in [0.2, 0.25) is 0 Å². The summed E-state index contributed by atoms with van der Waals surface area (Å²) in [5.74, 6) is 0.151. The second kappa shape index (κ2) is 6.70. The van der Waals surface area contributed by atoms with Gasteiger partial charge >= 0.3 is 0 Å². The zero-order valence-electron chi connectivity index (χ0n) is 12.1. The van der Waals surface area contributed by atoms with Crippen LogP contribution in [0, 0.1) is 16.7 Å². The van der Waals surface area contributed by atoms with Gasteiger partial charge in [0.2, 0.25) is 23.6 Å². The summed E-state index contributed by atoms with van der Waals surface area (Å²) >= 11 is 0. The van der Waals surface area contributed by atoms with Crippen molar-refractivity contribution in [1.82, 2.24) is 9.97 Å². The number of nitrogens with zero attached hydrogens (tertiary/aromatic N) is 3. The van der Waals surface area contributed by atoms with Crippen molar-refractivity contribution in [1.29, 1.82) is 5.26 Å². The average Bonchev–Trinajstić information content (AvgIpc) is 2.49. The molecule has 1 aromatic rings. The first-order valence-corrected chi connectivity index (χ1v) is 6.25. The maximum absolute atomic E-state index is 12.2. The second-order valence-electron chi connectivity index (χ2n) is 4.13. The Kier molecular flexibility index (Phi) is 5.26. The standard InChI is InChI=1S/C13H18N4O3/c1-5-13(6-2,8-14)11(18)17-12-15-9(19-3)7-10(16-12)20-4/h7H,5-6H2,1-4H3,(H,15,16,17,18). The topological polar surface area (TPSA) is 97.1 Å². The molecule has 1 amide bonds. The molecule has 1 aromatic heterocycles. The van der Waals surface area contributed by atoms with Crippen LogP contribution < -0.4 is 14.8 Å². The van der Waals surface area contributed by atoms with E-state index in [1.165, 1.54) is 20.3 Å². The predicted molar refractivity (Wildman–Crippen MR) is 72.4 cm³/mol. The molecule has 1 rings (SSSR count). The highest BCUT2D eigenvalue weighted by Gasteiger charge is 2.35. The van der Waals surface area contributed by atoms with Gasteiger partial charge in [-0.1, -0.05) is 13.8 Å². The number of methoxy groups -OCH3 is 2. The monoisotopic (exact) mass is 278 g/mol. The van der Waals surface area contributed by atoms with E-state index in [4.69, 9.17) is 9.47 Å². The highest BCUT2D eigenvalue weighted by atomic mass is 16.5. The quantitative estimate of drug-likeness (QED) is 0.851. The molecule has 0 radical (unpaired) electrons. The van der Waals surface area contributed by atoms with Crippen molar-refractivity contribution >= 4 is 11.9 Å². The van der Waals surface area contributed by atoms with Gasteiger partial charge in [0.1, 0.15) is 5.41 Å². The minimum absolute atomic E-state index is 0.0488. The Balaban J connectivity index is 3.04. The molecule has 0 saturated carbocycles. The summed E-state index contributed by atoms with van der Waals surface area (Å²) in [6.45, 7) is 3.58. The van der Waals surface area contributed by atoms with Crippen LogP contribution in [0.1, 0.15) is 26.7 Å². The van der Waals surface area contributed by atoms with Crippen molar-refractivity contribution in [3.05, 3.63) is 6.07 Å². The summed E-state index contributed by atoms with van der Waals surface area (Å²) in [6, 6.07) is 3.55. The van der Waals surface area contributed by atoms with Gasteiger partial charge in [-0.05, 0) is 12.8 Å². The zero-order chi connectivity index (χ0) is 15.2. The number of aromatic nitrogens is 2. The lowest BCUT2D eigenvalue weighted by Gasteiger charge is -2.21. The van der Waals surface area contributed by atoms with E-state index in [2.05, 4.69) is 21.4 Å². The zero-order valence-corrected chi connectivity index (χ0v) is 12.1. The summed E-state index contributed by atoms with van der Waals surface area (Å²) in [4.78, 5) is 20.2. The molecular weight excluding hydrogens is 260 g/mol. The minimum atomic E-state index is -1.08. The summed E-state index contributed by atoms with van der Waals surface area (Å²) < 4.78 is 9.99. The number of hydrogen-bond acceptors (Lipinski definition) is 6. The third-order valence-electron chi connectivity index (χ3n) is 3.18. The molecule has 1 N–H and O–H groups in total. The highest BCUT2D eigenvalue weighted by molar-refractivity contribution is 5.95. The lowest BCUT2D eigenvalue weighted by Crippen LogP contribution is -2.34. The SMILES string of the molecule is CCC(C#N)(CC)C(=O)Nc1nc(OC)cc(OC)n1. The lowest BCUT2D eigenvalue weighted by atomic mass is 9.83. The van der Waals surface area contributed by atoms with Gasteiger partial charge in [-0.3, -0.25) is 10.1 Å². The molecule has 20 heavy (non-hydrogen) atoms. The van der Waals surface area contributed by atoms with Crippen molar-refractivity contribution in [3.63, 3.8) is 0 Å². The first-order valence-electron chi connectivity index (χ1n) is 6.25. The molecular formula is C13H18N4O3. The fourth-order valence-corrected chi connectivity index (χ4v) is 1.67. The van der Waals surface area contributed by atoms with Gasteiger partial charge < -0.3 is 9.47 Å². The Morgan fingerprint density at radius 3 is 2.15 bits per heavy atom. The van der Waals surface area contributed by atoms with E-state index in [0.717, 1.165) is 0 Å². The Morgan fingerprint density at radius 1 is 1.30 bits per heavy atom. The number of anilines is 1. The van der Waals surface area contributed by atoms with E-state index in [-0.39, 0.29) is 17.7 Å². The lowest BCUT2D eigenvalue weighted by molar-refractivity contribution is -0.123. The van der Waals surface area contributed by atoms with E-state index in [1.807, 2.05) is 0 Å². The molecule has 0 aliphatic rings. The molecule has 1 heterocycles. The second-order valence-corrected chi connectivity index (χ2v) is 4.13. The molecule has 108 valence electrons. The number of amides is 1. The highest BCUT2D eigenvalue weighted by Crippen LogP contribution is 2.27. The van der Waals surface area contributed by atoms with Crippen LogP contribution in [-0.4, -0.2) is 30.1 Å². The third-order valence-corrected chi connectivity index (χ3v) is 3.18. The Bertz CT molecular complexity index is 499. The van der Waals surface area contributed by atoms with Crippen molar-refractivity contribution in [3.8, 4) is 17.8 Å². The van der Waals surface area contributed by atoms with Gasteiger partial charge in [-0.15, -0.1) is 0 Å². The van der Waals surface area contributed by atoms with Gasteiger partial charge in [0, 0.05) is 0 Å². The number of carbonyl (C=O) groups excluding carboxylic acids is 1. The molecule has 7 nitrogen and oxygen atoms in total. The fourth-order valence-electron chi connectivity index (χ4n) is 1.67. The molecule has 0 fully saturated rings. The first kappa shape index (κ1) is 15.7. The van der Waals surface area contributed by atoms with Crippen molar-refractivity contribution in [2.75, 3.05) is 19.5 Å². The Hall–Kier alpha value is -2.36. The van der Waals surface area contributed by atoms with Crippen molar-refractivity contribution in [2.45, 2.75) is 26.7 Å². The van der Waals surface area contributed by atoms with Crippen molar-refractivity contribution in [2.24, 2.45) is 5.41 Å². The number of nitrogens with one attached hydrogen (secondary N) is 1. The normalized spacial score (nSPS) is 10.6. The van der Waals surface area contributed by atoms with Gasteiger partial charge in [0.25, 0.3) is 0 Å². The first-order chi connectivity index (χ1) is 9.54. The smallest absolute Gasteiger partial charge is 0.247 e. The Labute approximate surface area is 117 Å². The Morgan fingerprint density at radius 2 is 1.80 bits per heavy atom. The van der Waals surface area contributed by atoms with E-state index < -0.39 is 11.3 Å². The van der Waals surface area contributed by atoms with Crippen LogP contribution in [0.4, 0.5) is 5.95 Å². The maximum atomic E-state index is 12.2. The van der Waals surface area contributed by atoms with E-state index >= 15 is 0 Å². The van der Waals surface area contributed by atoms with Crippen LogP contribution in [0.3, 0.4) is 0 Å². The number of ether oxygens (including phenoxy) is 2. The number of hydrogen-bond donors (Lipinski definition) is 1. The molecule has 0 spiro atoms. The van der Waals surface area contributed by atoms with Gasteiger partial charge in [-0.25, -0.2) is 0 Å². The molecule has 0 aromatic carbocycles. The van der Waals surface area contributed by atoms with Crippen LogP contribution in [-0.2, 0) is 4.79 Å². The van der Waals surface area contributed by atoms with Crippen LogP contribution in [0.5, 0.6) is 11.8 Å². The summed E-state index contributed by atoms with van der Waals surface area (Å²) in [5.41, 5.74) is -1.08. The molecule has 0 unspecified atom stereocenters. The fraction of sp³-hybridized carbons (Fsp3) is 0.538. The summed E-state index contributed by atoms with van der Waals surface area (Å²) in [5, 5.41) is 11.8. The molecule has 0 bridgehead atoms. The summed E-state index contributed by atoms with van der Waals surface area (Å²) in [7, 11) is 2.90. The third kappa shape index (κ3) is 3.15. The van der Waals surface area contributed by atoms with Crippen molar-refractivity contribution < 1.29 is 14.3 Å². The van der Waals surface area contributed by atoms with E-state index in [1.54, 1.807) is 13.8 Å². The van der Waals surface area contributed by atoms with Crippen LogP contribution in [0.15, 0.2) is 6.07 Å². The molecule has 0 atom stereocenters. The van der Waals surface area contributed by atoms with Crippen LogP contribution in [0.25, 0.3) is 0 Å². The molecule has 0 saturated heterocycles. The molecule has 0 aliphatic heterocycles. The summed E-state index contributed by atoms with van der Waals surface area (Å²) in [6.07, 6.45) is 0.819. The predicted octanol–water partition coefficient (Wildman–Crippen LogP) is 1.76. The molecule has 0 aliphatic carbocycles. The van der Waals surface area contributed by atoms with Gasteiger partial charge in [0.15, 0.2) is 0 Å².